The molecule has 2 amide bonds. The van der Waals surface area contributed by atoms with Gasteiger partial charge in [0, 0.05) is 31.0 Å². The molecule has 0 bridgehead atoms. The number of amides is 2. The van der Waals surface area contributed by atoms with E-state index in [1.54, 1.807) is 18.2 Å². The summed E-state index contributed by atoms with van der Waals surface area (Å²) in [5.74, 6) is -1.33. The van der Waals surface area contributed by atoms with Gasteiger partial charge in [-0.25, -0.2) is 4.39 Å². The summed E-state index contributed by atoms with van der Waals surface area (Å²) in [6, 6.07) is 8.91. The molecule has 0 fully saturated rings. The minimum atomic E-state index is -0.573. The van der Waals surface area contributed by atoms with Crippen molar-refractivity contribution < 1.29 is 14.0 Å². The summed E-state index contributed by atoms with van der Waals surface area (Å²) in [5.41, 5.74) is 0.475. The summed E-state index contributed by atoms with van der Waals surface area (Å²) >= 11 is 0. The lowest BCUT2D eigenvalue weighted by Crippen LogP contribution is -2.35. The number of nitrogens with one attached hydrogen (secondary N) is 2. The zero-order valence-electron chi connectivity index (χ0n) is 11.2. The lowest BCUT2D eigenvalue weighted by atomic mass is 10.2. The summed E-state index contributed by atoms with van der Waals surface area (Å²) in [6.07, 6.45) is 3.05. The topological polar surface area (TPSA) is 71.1 Å². The molecule has 2 rings (SSSR count). The molecular formula is C15H14FN3O2. The molecule has 0 spiro atoms. The molecule has 6 heteroatoms. The number of rotatable bonds is 5. The van der Waals surface area contributed by atoms with E-state index in [0.717, 1.165) is 0 Å². The van der Waals surface area contributed by atoms with Crippen LogP contribution in [0.3, 0.4) is 0 Å². The van der Waals surface area contributed by atoms with Crippen LogP contribution in [0.1, 0.15) is 20.7 Å². The van der Waals surface area contributed by atoms with Crippen LogP contribution in [0.2, 0.25) is 0 Å². The van der Waals surface area contributed by atoms with E-state index < -0.39 is 11.7 Å². The molecular weight excluding hydrogens is 273 g/mol. The van der Waals surface area contributed by atoms with Crippen LogP contribution in [-0.4, -0.2) is 29.9 Å². The number of carbonyl (C=O) groups is 2. The number of pyridine rings is 1. The number of hydrogen-bond acceptors (Lipinski definition) is 3. The normalized spacial score (nSPS) is 9.95. The molecule has 0 aliphatic heterocycles. The molecule has 2 aromatic rings. The van der Waals surface area contributed by atoms with E-state index in [1.165, 1.54) is 30.6 Å². The Morgan fingerprint density at radius 1 is 0.952 bits per heavy atom. The first-order chi connectivity index (χ1) is 10.2. The summed E-state index contributed by atoms with van der Waals surface area (Å²) in [7, 11) is 0. The van der Waals surface area contributed by atoms with Crippen molar-refractivity contribution >= 4 is 11.8 Å². The number of aromatic nitrogens is 1. The number of hydrogen-bond donors (Lipinski definition) is 2. The van der Waals surface area contributed by atoms with Gasteiger partial charge >= 0.3 is 0 Å². The molecule has 0 unspecified atom stereocenters. The Balaban J connectivity index is 1.76. The molecule has 0 saturated carbocycles. The molecule has 1 aromatic carbocycles. The number of halogens is 1. The molecule has 5 nitrogen and oxygen atoms in total. The Hall–Kier alpha value is -2.76. The molecule has 1 heterocycles. The van der Waals surface area contributed by atoms with E-state index in [-0.39, 0.29) is 24.6 Å². The van der Waals surface area contributed by atoms with E-state index in [1.807, 2.05) is 0 Å². The van der Waals surface area contributed by atoms with Gasteiger partial charge in [-0.05, 0) is 24.3 Å². The van der Waals surface area contributed by atoms with Gasteiger partial charge in [0.05, 0.1) is 5.56 Å². The fourth-order valence-corrected chi connectivity index (χ4v) is 1.70. The number of nitrogens with zero attached hydrogens (tertiary/aromatic N) is 1. The maximum absolute atomic E-state index is 13.4. The van der Waals surface area contributed by atoms with E-state index in [4.69, 9.17) is 0 Å². The lowest BCUT2D eigenvalue weighted by molar-refractivity contribution is 0.0925. The van der Waals surface area contributed by atoms with E-state index in [0.29, 0.717) is 5.56 Å². The highest BCUT2D eigenvalue weighted by Crippen LogP contribution is 2.05. The Kier molecular flexibility index (Phi) is 4.98. The third kappa shape index (κ3) is 4.10. The second kappa shape index (κ2) is 7.14. The molecule has 21 heavy (non-hydrogen) atoms. The van der Waals surface area contributed by atoms with Crippen molar-refractivity contribution in [3.05, 3.63) is 65.7 Å². The molecule has 1 aromatic heterocycles. The Bertz CT molecular complexity index is 632. The maximum atomic E-state index is 13.4. The third-order valence-corrected chi connectivity index (χ3v) is 2.76. The van der Waals surface area contributed by atoms with Gasteiger partial charge in [0.25, 0.3) is 11.8 Å². The number of carbonyl (C=O) groups excluding carboxylic acids is 2. The molecule has 0 saturated heterocycles. The van der Waals surface area contributed by atoms with Gasteiger partial charge in [-0.15, -0.1) is 0 Å². The first-order valence-corrected chi connectivity index (χ1v) is 6.39. The Morgan fingerprint density at radius 2 is 1.57 bits per heavy atom. The van der Waals surface area contributed by atoms with E-state index in [9.17, 15) is 14.0 Å². The van der Waals surface area contributed by atoms with Crippen LogP contribution >= 0.6 is 0 Å². The van der Waals surface area contributed by atoms with Crippen LogP contribution in [0.25, 0.3) is 0 Å². The van der Waals surface area contributed by atoms with Crippen molar-refractivity contribution in [2.24, 2.45) is 0 Å². The average molecular weight is 287 g/mol. The maximum Gasteiger partial charge on any atom is 0.254 e. The molecule has 2 N–H and O–H groups in total. The van der Waals surface area contributed by atoms with Gasteiger partial charge in [-0.2, -0.15) is 0 Å². The van der Waals surface area contributed by atoms with Gasteiger partial charge in [-0.1, -0.05) is 12.1 Å². The highest BCUT2D eigenvalue weighted by atomic mass is 19.1. The van der Waals surface area contributed by atoms with Crippen molar-refractivity contribution in [3.63, 3.8) is 0 Å². The highest BCUT2D eigenvalue weighted by Gasteiger charge is 2.10. The summed E-state index contributed by atoms with van der Waals surface area (Å²) in [6.45, 7) is 0.464. The third-order valence-electron chi connectivity index (χ3n) is 2.76. The first kappa shape index (κ1) is 14.6. The van der Waals surface area contributed by atoms with Gasteiger partial charge in [0.2, 0.25) is 0 Å². The molecule has 0 atom stereocenters. The zero-order valence-corrected chi connectivity index (χ0v) is 11.2. The van der Waals surface area contributed by atoms with Gasteiger partial charge in [-0.3, -0.25) is 14.6 Å². The first-order valence-electron chi connectivity index (χ1n) is 6.39. The Labute approximate surface area is 121 Å². The molecule has 108 valence electrons. The minimum absolute atomic E-state index is 0.0158. The summed E-state index contributed by atoms with van der Waals surface area (Å²) < 4.78 is 13.4. The van der Waals surface area contributed by atoms with Crippen LogP contribution < -0.4 is 10.6 Å². The highest BCUT2D eigenvalue weighted by molar-refractivity contribution is 5.95. The van der Waals surface area contributed by atoms with Crippen LogP contribution in [-0.2, 0) is 0 Å². The van der Waals surface area contributed by atoms with E-state index in [2.05, 4.69) is 15.6 Å². The largest absolute Gasteiger partial charge is 0.350 e. The van der Waals surface area contributed by atoms with Crippen LogP contribution in [0.4, 0.5) is 4.39 Å². The van der Waals surface area contributed by atoms with E-state index >= 15 is 0 Å². The molecule has 0 radical (unpaired) electrons. The summed E-state index contributed by atoms with van der Waals surface area (Å²) in [5, 5.41) is 5.19. The minimum Gasteiger partial charge on any atom is -0.350 e. The molecule has 0 aliphatic carbocycles. The zero-order chi connectivity index (χ0) is 15.1. The molecule has 0 aliphatic rings. The SMILES string of the molecule is O=C(NCCNC(=O)c1ccccc1F)c1ccncc1. The smallest absolute Gasteiger partial charge is 0.254 e. The fourth-order valence-electron chi connectivity index (χ4n) is 1.70. The lowest BCUT2D eigenvalue weighted by Gasteiger charge is -2.07. The predicted molar refractivity (Wildman–Crippen MR) is 75.3 cm³/mol. The van der Waals surface area contributed by atoms with Crippen molar-refractivity contribution in [1.29, 1.82) is 0 Å². The Morgan fingerprint density at radius 3 is 2.24 bits per heavy atom. The van der Waals surface area contributed by atoms with Crippen LogP contribution in [0, 0.1) is 5.82 Å². The second-order valence-electron chi connectivity index (χ2n) is 4.23. The number of benzene rings is 1. The standard InChI is InChI=1S/C15H14FN3O2/c16-13-4-2-1-3-12(13)15(21)19-10-9-18-14(20)11-5-7-17-8-6-11/h1-8H,9-10H2,(H,18,20)(H,19,21). The van der Waals surface area contributed by atoms with Crippen LogP contribution in [0.15, 0.2) is 48.8 Å². The van der Waals surface area contributed by atoms with Gasteiger partial charge in [0.15, 0.2) is 0 Å². The van der Waals surface area contributed by atoms with Gasteiger partial charge < -0.3 is 10.6 Å². The predicted octanol–water partition coefficient (Wildman–Crippen LogP) is 1.38. The van der Waals surface area contributed by atoms with Crippen molar-refractivity contribution in [1.82, 2.24) is 15.6 Å². The van der Waals surface area contributed by atoms with Crippen molar-refractivity contribution in [3.8, 4) is 0 Å². The van der Waals surface area contributed by atoms with Crippen molar-refractivity contribution in [2.75, 3.05) is 13.1 Å². The average Bonchev–Trinajstić information content (AvgIpc) is 2.52. The van der Waals surface area contributed by atoms with Crippen molar-refractivity contribution in [2.45, 2.75) is 0 Å². The van der Waals surface area contributed by atoms with Gasteiger partial charge in [0.1, 0.15) is 5.82 Å². The fraction of sp³-hybridized carbons (Fsp3) is 0.133. The monoisotopic (exact) mass is 287 g/mol. The quantitative estimate of drug-likeness (QED) is 0.816. The van der Waals surface area contributed by atoms with Crippen LogP contribution in [0.5, 0.6) is 0 Å². The summed E-state index contributed by atoms with van der Waals surface area (Å²) in [4.78, 5) is 27.2. The second-order valence-corrected chi connectivity index (χ2v) is 4.23.